The first-order valence-corrected chi connectivity index (χ1v) is 10.2. The Labute approximate surface area is 177 Å². The van der Waals surface area contributed by atoms with Crippen LogP contribution in [0.5, 0.6) is 5.75 Å². The third-order valence-electron chi connectivity index (χ3n) is 5.49. The predicted molar refractivity (Wildman–Crippen MR) is 124 cm³/mol. The molecule has 0 aliphatic carbocycles. The van der Waals surface area contributed by atoms with Crippen molar-refractivity contribution in [1.29, 1.82) is 0 Å². The minimum absolute atomic E-state index is 0.613. The summed E-state index contributed by atoms with van der Waals surface area (Å²) in [4.78, 5) is 0. The number of benzene rings is 3. The number of para-hydroxylation sites is 2. The Hall–Kier alpha value is -3.53. The molecule has 152 valence electrons. The molecule has 1 aromatic heterocycles. The second kappa shape index (κ2) is 8.87. The molecule has 4 heteroatoms. The average molecular weight is 398 g/mol. The zero-order chi connectivity index (χ0) is 20.9. The molecule has 0 atom stereocenters. The molecule has 0 saturated heterocycles. The van der Waals surface area contributed by atoms with Crippen LogP contribution >= 0.6 is 0 Å². The highest BCUT2D eigenvalue weighted by Gasteiger charge is 2.12. The minimum Gasteiger partial charge on any atom is -0.496 e. The summed E-state index contributed by atoms with van der Waals surface area (Å²) in [5.74, 6) is 0.867. The molecule has 0 aliphatic rings. The highest BCUT2D eigenvalue weighted by Crippen LogP contribution is 2.25. The Kier molecular flexibility index (Phi) is 5.84. The van der Waals surface area contributed by atoms with Gasteiger partial charge in [-0.1, -0.05) is 66.2 Å². The predicted octanol–water partition coefficient (Wildman–Crippen LogP) is 5.44. The van der Waals surface area contributed by atoms with Crippen molar-refractivity contribution in [2.75, 3.05) is 7.11 Å². The van der Waals surface area contributed by atoms with Crippen LogP contribution in [0, 0.1) is 13.8 Å². The highest BCUT2D eigenvalue weighted by molar-refractivity contribution is 6.01. The van der Waals surface area contributed by atoms with Gasteiger partial charge in [0.15, 0.2) is 0 Å². The van der Waals surface area contributed by atoms with E-state index < -0.39 is 0 Å². The van der Waals surface area contributed by atoms with Crippen LogP contribution in [-0.4, -0.2) is 17.9 Å². The zero-order valence-electron chi connectivity index (χ0n) is 17.7. The maximum absolute atomic E-state index is 5.41. The average Bonchev–Trinajstić information content (AvgIpc) is 3.04. The Morgan fingerprint density at radius 2 is 1.67 bits per heavy atom. The second-order valence-corrected chi connectivity index (χ2v) is 7.49. The largest absolute Gasteiger partial charge is 0.496 e. The fourth-order valence-electron chi connectivity index (χ4n) is 3.79. The SMILES string of the molecule is COc1ccccc1CN/N=C/c1c(C)n(Cc2ccc(C)cc2)c2ccccc12. The number of methoxy groups -OCH3 is 1. The number of nitrogens with zero attached hydrogens (tertiary/aromatic N) is 2. The highest BCUT2D eigenvalue weighted by atomic mass is 16.5. The van der Waals surface area contributed by atoms with Gasteiger partial charge >= 0.3 is 0 Å². The number of hydrogen-bond acceptors (Lipinski definition) is 3. The minimum atomic E-state index is 0.613. The van der Waals surface area contributed by atoms with Crippen molar-refractivity contribution in [1.82, 2.24) is 9.99 Å². The van der Waals surface area contributed by atoms with Gasteiger partial charge in [-0.05, 0) is 31.5 Å². The maximum Gasteiger partial charge on any atom is 0.123 e. The molecule has 1 heterocycles. The van der Waals surface area contributed by atoms with Crippen LogP contribution in [0.3, 0.4) is 0 Å². The third kappa shape index (κ3) is 4.08. The van der Waals surface area contributed by atoms with Crippen molar-refractivity contribution < 1.29 is 4.74 Å². The van der Waals surface area contributed by atoms with Gasteiger partial charge in [0, 0.05) is 34.3 Å². The topological polar surface area (TPSA) is 38.5 Å². The van der Waals surface area contributed by atoms with Crippen molar-refractivity contribution in [3.8, 4) is 5.75 Å². The summed E-state index contributed by atoms with van der Waals surface area (Å²) in [5.41, 5.74) is 10.4. The quantitative estimate of drug-likeness (QED) is 0.333. The smallest absolute Gasteiger partial charge is 0.123 e. The lowest BCUT2D eigenvalue weighted by Crippen LogP contribution is -2.07. The van der Waals surface area contributed by atoms with Crippen molar-refractivity contribution in [3.05, 3.63) is 101 Å². The Morgan fingerprint density at radius 1 is 0.933 bits per heavy atom. The van der Waals surface area contributed by atoms with Gasteiger partial charge in [-0.15, -0.1) is 0 Å². The lowest BCUT2D eigenvalue weighted by atomic mass is 10.1. The molecule has 0 unspecified atom stereocenters. The summed E-state index contributed by atoms with van der Waals surface area (Å²) in [6, 6.07) is 25.2. The van der Waals surface area contributed by atoms with E-state index in [1.807, 2.05) is 30.5 Å². The van der Waals surface area contributed by atoms with Gasteiger partial charge in [0.1, 0.15) is 5.75 Å². The number of hydrazone groups is 1. The molecule has 0 fully saturated rings. The normalized spacial score (nSPS) is 11.3. The molecule has 4 aromatic rings. The van der Waals surface area contributed by atoms with Crippen LogP contribution < -0.4 is 10.2 Å². The molecule has 0 aliphatic heterocycles. The lowest BCUT2D eigenvalue weighted by Gasteiger charge is -2.09. The fourth-order valence-corrected chi connectivity index (χ4v) is 3.79. The van der Waals surface area contributed by atoms with E-state index in [0.29, 0.717) is 6.54 Å². The molecule has 0 spiro atoms. The van der Waals surface area contributed by atoms with Crippen LogP contribution in [0.25, 0.3) is 10.9 Å². The second-order valence-electron chi connectivity index (χ2n) is 7.49. The molecule has 3 aromatic carbocycles. The fraction of sp³-hybridized carbons (Fsp3) is 0.192. The summed E-state index contributed by atoms with van der Waals surface area (Å²) in [7, 11) is 1.69. The van der Waals surface area contributed by atoms with Gasteiger partial charge in [0.05, 0.1) is 19.9 Å². The Morgan fingerprint density at radius 3 is 2.47 bits per heavy atom. The van der Waals surface area contributed by atoms with Gasteiger partial charge < -0.3 is 14.7 Å². The zero-order valence-corrected chi connectivity index (χ0v) is 17.7. The Balaban J connectivity index is 1.59. The van der Waals surface area contributed by atoms with Crippen LogP contribution in [0.2, 0.25) is 0 Å². The van der Waals surface area contributed by atoms with Crippen molar-refractivity contribution in [3.63, 3.8) is 0 Å². The van der Waals surface area contributed by atoms with Crippen LogP contribution in [-0.2, 0) is 13.1 Å². The number of aryl methyl sites for hydroxylation is 1. The van der Waals surface area contributed by atoms with Gasteiger partial charge in [0.25, 0.3) is 0 Å². The molecule has 0 radical (unpaired) electrons. The van der Waals surface area contributed by atoms with Gasteiger partial charge in [-0.25, -0.2) is 0 Å². The Bertz CT molecular complexity index is 1170. The molecule has 0 bridgehead atoms. The van der Waals surface area contributed by atoms with E-state index in [4.69, 9.17) is 4.74 Å². The number of ether oxygens (including phenoxy) is 1. The van der Waals surface area contributed by atoms with Crippen molar-refractivity contribution >= 4 is 17.1 Å². The van der Waals surface area contributed by atoms with Crippen molar-refractivity contribution in [2.24, 2.45) is 5.10 Å². The third-order valence-corrected chi connectivity index (χ3v) is 5.49. The van der Waals surface area contributed by atoms with E-state index in [0.717, 1.165) is 23.4 Å². The summed E-state index contributed by atoms with van der Waals surface area (Å²) < 4.78 is 7.77. The van der Waals surface area contributed by atoms with Crippen LogP contribution in [0.4, 0.5) is 0 Å². The molecule has 0 amide bonds. The van der Waals surface area contributed by atoms with Crippen LogP contribution in [0.1, 0.15) is 27.9 Å². The number of hydrogen-bond donors (Lipinski definition) is 1. The molecule has 4 rings (SSSR count). The number of fused-ring (bicyclic) bond motifs is 1. The molecule has 30 heavy (non-hydrogen) atoms. The van der Waals surface area contributed by atoms with Gasteiger partial charge in [-0.3, -0.25) is 0 Å². The molecular formula is C26H27N3O. The van der Waals surface area contributed by atoms with Crippen LogP contribution in [0.15, 0.2) is 77.9 Å². The summed E-state index contributed by atoms with van der Waals surface area (Å²) in [6.45, 7) is 5.74. The summed E-state index contributed by atoms with van der Waals surface area (Å²) in [5, 5.41) is 5.72. The molecule has 0 saturated carbocycles. The van der Waals surface area contributed by atoms with E-state index >= 15 is 0 Å². The number of aromatic nitrogens is 1. The summed E-state index contributed by atoms with van der Waals surface area (Å²) in [6.07, 6.45) is 1.93. The number of rotatable bonds is 7. The first-order valence-electron chi connectivity index (χ1n) is 10.2. The van der Waals surface area contributed by atoms with Gasteiger partial charge in [0.2, 0.25) is 0 Å². The maximum atomic E-state index is 5.41. The summed E-state index contributed by atoms with van der Waals surface area (Å²) >= 11 is 0. The first kappa shape index (κ1) is 19.8. The number of nitrogens with one attached hydrogen (secondary N) is 1. The first-order chi connectivity index (χ1) is 14.7. The van der Waals surface area contributed by atoms with E-state index in [2.05, 4.69) is 77.5 Å². The molecule has 1 N–H and O–H groups in total. The van der Waals surface area contributed by atoms with E-state index in [9.17, 15) is 0 Å². The van der Waals surface area contributed by atoms with E-state index in [1.54, 1.807) is 7.11 Å². The van der Waals surface area contributed by atoms with E-state index in [-0.39, 0.29) is 0 Å². The van der Waals surface area contributed by atoms with Crippen molar-refractivity contribution in [2.45, 2.75) is 26.9 Å². The van der Waals surface area contributed by atoms with Gasteiger partial charge in [-0.2, -0.15) is 5.10 Å². The monoisotopic (exact) mass is 397 g/mol. The lowest BCUT2D eigenvalue weighted by molar-refractivity contribution is 0.408. The standard InChI is InChI=1S/C26H27N3O/c1-19-12-14-21(15-13-19)18-29-20(2)24(23-9-5-6-10-25(23)29)17-28-27-16-22-8-4-7-11-26(22)30-3/h4-15,17,27H,16,18H2,1-3H3/b28-17+. The van der Waals surface area contributed by atoms with E-state index in [1.165, 1.54) is 27.7 Å². The molecular weight excluding hydrogens is 370 g/mol. The molecule has 4 nitrogen and oxygen atoms in total.